The topological polar surface area (TPSA) is 216 Å². The molecule has 1 heterocycles. The van der Waals surface area contributed by atoms with Gasteiger partial charge in [0.25, 0.3) is 0 Å². The molecule has 2 aromatic carbocycles. The maximum absolute atomic E-state index is 15.5. The molecular weight excluding hydrogens is 809 g/mol. The van der Waals surface area contributed by atoms with E-state index in [1.54, 1.807) is 69.3 Å². The van der Waals surface area contributed by atoms with Crippen molar-refractivity contribution in [3.8, 4) is 0 Å². The van der Waals surface area contributed by atoms with Crippen molar-refractivity contribution in [1.82, 2.24) is 10.6 Å². The summed E-state index contributed by atoms with van der Waals surface area (Å²) >= 11 is 5.55. The highest BCUT2D eigenvalue weighted by Crippen LogP contribution is 2.64. The summed E-state index contributed by atoms with van der Waals surface area (Å²) < 4.78 is 30.4. The van der Waals surface area contributed by atoms with Gasteiger partial charge in [0.1, 0.15) is 23.9 Å². The zero-order valence-electron chi connectivity index (χ0n) is 35.8. The quantitative estimate of drug-likeness (QED) is 0.105. The number of aliphatic hydroxyl groups is 3. The Bertz CT molecular complexity index is 2100. The summed E-state index contributed by atoms with van der Waals surface area (Å²) in [5.41, 5.74) is -7.42. The predicted molar refractivity (Wildman–Crippen MR) is 222 cm³/mol. The van der Waals surface area contributed by atoms with Crippen LogP contribution in [0.2, 0.25) is 0 Å². The van der Waals surface area contributed by atoms with Crippen LogP contribution in [0.15, 0.2) is 71.8 Å². The third-order valence-corrected chi connectivity index (χ3v) is 13.2. The molecule has 2 bridgehead atoms. The number of ketones is 1. The molecule has 3 fully saturated rings. The molecular formula is C45H56N2O13S. The second-order valence-electron chi connectivity index (χ2n) is 18.4. The van der Waals surface area contributed by atoms with Crippen molar-refractivity contribution in [1.29, 1.82) is 0 Å². The average molecular weight is 865 g/mol. The molecule has 1 aliphatic heterocycles. The second-order valence-corrected chi connectivity index (χ2v) is 18.8. The Morgan fingerprint density at radius 2 is 1.54 bits per heavy atom. The van der Waals surface area contributed by atoms with Crippen LogP contribution in [0.1, 0.15) is 97.1 Å². The van der Waals surface area contributed by atoms with Gasteiger partial charge in [0, 0.05) is 37.6 Å². The fraction of sp³-hybridized carbons (Fsp3) is 0.556. The Morgan fingerprint density at radius 1 is 0.934 bits per heavy atom. The van der Waals surface area contributed by atoms with E-state index in [0.717, 1.165) is 13.8 Å². The average Bonchev–Trinajstić information content (AvgIpc) is 3.17. The summed E-state index contributed by atoms with van der Waals surface area (Å²) in [5.74, 6) is -6.05. The first-order valence-corrected chi connectivity index (χ1v) is 20.7. The standard InChI is InChI=1S/C45H56N2O13S/c1-23-28(58-39(54)33(51)32(26-16-12-10-13-17-26)46-40(61)47-41(4,5)6)21-45(55)37(59-38(53)27-18-14-11-15-19-27)35-43(9,29(50)20-30-44(35,22-56-30)60-25(3)49)36(52)34(57-24(2)48)31(23)42(45,7)8/h10-19,28-30,32-35,37,50-51,55H,20-22H2,1-9H3,(H2,46,47,61)/t28-,29-,30?,32-,33+,34+,35-,37-,43+,44-,45?/m0/s1. The molecule has 6 rings (SSSR count). The number of benzene rings is 2. The highest BCUT2D eigenvalue weighted by atomic mass is 32.1. The number of esters is 4. The van der Waals surface area contributed by atoms with E-state index < -0.39 is 112 Å². The number of carbonyl (C=O) groups is 5. The van der Waals surface area contributed by atoms with Gasteiger partial charge >= 0.3 is 23.9 Å². The Balaban J connectivity index is 1.54. The third-order valence-electron chi connectivity index (χ3n) is 12.9. The molecule has 15 nitrogen and oxygen atoms in total. The number of thiocarbonyl (C=S) groups is 1. The van der Waals surface area contributed by atoms with Crippen LogP contribution in [-0.4, -0.2) is 110 Å². The first kappa shape index (κ1) is 45.8. The van der Waals surface area contributed by atoms with Gasteiger partial charge in [-0.1, -0.05) is 62.4 Å². The van der Waals surface area contributed by atoms with Crippen molar-refractivity contribution in [2.45, 2.75) is 135 Å². The number of ether oxygens (including phenoxy) is 5. The van der Waals surface area contributed by atoms with E-state index in [1.807, 2.05) is 20.8 Å². The molecule has 2 unspecified atom stereocenters. The normalized spacial score (nSPS) is 32.5. The van der Waals surface area contributed by atoms with E-state index in [9.17, 15) is 34.5 Å². The Labute approximate surface area is 360 Å². The summed E-state index contributed by atoms with van der Waals surface area (Å²) in [6.45, 7) is 13.8. The molecule has 0 spiro atoms. The number of Topliss-reactive ketones (excluding diaryl/α,β-unsaturated/α-hetero) is 1. The fourth-order valence-corrected chi connectivity index (χ4v) is 10.3. The first-order chi connectivity index (χ1) is 28.4. The minimum atomic E-state index is -2.35. The van der Waals surface area contributed by atoms with Gasteiger partial charge in [-0.2, -0.15) is 0 Å². The lowest BCUT2D eigenvalue weighted by atomic mass is 9.44. The molecule has 330 valence electrons. The molecule has 5 N–H and O–H groups in total. The third kappa shape index (κ3) is 8.08. The van der Waals surface area contributed by atoms with E-state index in [2.05, 4.69) is 10.6 Å². The van der Waals surface area contributed by atoms with Gasteiger partial charge in [0.15, 0.2) is 28.7 Å². The van der Waals surface area contributed by atoms with Crippen molar-refractivity contribution in [2.75, 3.05) is 6.61 Å². The van der Waals surface area contributed by atoms with E-state index in [1.165, 1.54) is 19.1 Å². The van der Waals surface area contributed by atoms with Crippen LogP contribution in [0.25, 0.3) is 0 Å². The molecule has 1 saturated heterocycles. The largest absolute Gasteiger partial charge is 0.456 e. The number of hydrogen-bond donors (Lipinski definition) is 5. The SMILES string of the molecule is CC(=O)O[C@H]1C(=O)[C@]2(C)[C@@H](O)CC3OC[C@@]3(OC(C)=O)[C@H]2[C@H](OC(=O)c2ccccc2)C2(O)C[C@H](OC(=O)[C@H](O)[C@@H](NC(=S)NC(C)(C)C)c3ccccc3)C(C)=C1C2(C)C. The number of nitrogens with one attached hydrogen (secondary N) is 2. The van der Waals surface area contributed by atoms with Gasteiger partial charge in [-0.15, -0.1) is 0 Å². The maximum atomic E-state index is 15.5. The summed E-state index contributed by atoms with van der Waals surface area (Å²) in [5, 5.41) is 43.8. The molecule has 0 aromatic heterocycles. The van der Waals surface area contributed by atoms with E-state index in [-0.39, 0.29) is 34.8 Å². The van der Waals surface area contributed by atoms with Crippen LogP contribution in [0.3, 0.4) is 0 Å². The minimum absolute atomic E-state index is 0.0307. The summed E-state index contributed by atoms with van der Waals surface area (Å²) in [4.78, 5) is 70.0. The maximum Gasteiger partial charge on any atom is 0.338 e. The van der Waals surface area contributed by atoms with Crippen LogP contribution < -0.4 is 10.6 Å². The number of rotatable bonds is 9. The van der Waals surface area contributed by atoms with E-state index >= 15 is 4.79 Å². The summed E-state index contributed by atoms with van der Waals surface area (Å²) in [7, 11) is 0. The Kier molecular flexibility index (Phi) is 12.4. The minimum Gasteiger partial charge on any atom is -0.456 e. The summed E-state index contributed by atoms with van der Waals surface area (Å²) in [6.07, 6.45) is -10.2. The zero-order chi connectivity index (χ0) is 45.0. The highest BCUT2D eigenvalue weighted by molar-refractivity contribution is 7.80. The smallest absolute Gasteiger partial charge is 0.338 e. The fourth-order valence-electron chi connectivity index (χ4n) is 9.89. The Morgan fingerprint density at radius 3 is 2.08 bits per heavy atom. The zero-order valence-corrected chi connectivity index (χ0v) is 36.7. The number of hydrogen-bond acceptors (Lipinski definition) is 14. The van der Waals surface area contributed by atoms with Gasteiger partial charge < -0.3 is 49.6 Å². The highest BCUT2D eigenvalue weighted by Gasteiger charge is 2.78. The first-order valence-electron chi connectivity index (χ1n) is 20.3. The van der Waals surface area contributed by atoms with Crippen molar-refractivity contribution >= 4 is 47.0 Å². The lowest BCUT2D eigenvalue weighted by molar-refractivity contribution is -0.346. The molecule has 0 amide bonds. The second kappa shape index (κ2) is 16.5. The molecule has 2 saturated carbocycles. The number of fused-ring (bicyclic) bond motifs is 5. The lowest BCUT2D eigenvalue weighted by Gasteiger charge is -2.67. The predicted octanol–water partition coefficient (Wildman–Crippen LogP) is 3.57. The van der Waals surface area contributed by atoms with Crippen LogP contribution in [0, 0.1) is 16.7 Å². The van der Waals surface area contributed by atoms with E-state index in [0.29, 0.717) is 5.56 Å². The van der Waals surface area contributed by atoms with Crippen molar-refractivity contribution in [3.63, 3.8) is 0 Å². The van der Waals surface area contributed by atoms with Crippen molar-refractivity contribution < 1.29 is 63.0 Å². The Hall–Kier alpha value is -4.74. The van der Waals surface area contributed by atoms with Crippen LogP contribution in [0.5, 0.6) is 0 Å². The van der Waals surface area contributed by atoms with Gasteiger partial charge in [-0.3, -0.25) is 14.4 Å². The molecule has 4 aliphatic rings. The van der Waals surface area contributed by atoms with Crippen LogP contribution in [0.4, 0.5) is 0 Å². The van der Waals surface area contributed by atoms with Crippen molar-refractivity contribution in [2.24, 2.45) is 16.7 Å². The molecule has 11 atom stereocenters. The van der Waals surface area contributed by atoms with Crippen LogP contribution >= 0.6 is 12.2 Å². The molecule has 0 radical (unpaired) electrons. The molecule has 16 heteroatoms. The van der Waals surface area contributed by atoms with Gasteiger partial charge in [0.05, 0.1) is 35.6 Å². The summed E-state index contributed by atoms with van der Waals surface area (Å²) in [6, 6.07) is 15.4. The number of carbonyl (C=O) groups excluding carboxylic acids is 5. The van der Waals surface area contributed by atoms with Gasteiger partial charge in [-0.05, 0) is 75.7 Å². The molecule has 2 aromatic rings. The van der Waals surface area contributed by atoms with Gasteiger partial charge in [-0.25, -0.2) is 9.59 Å². The van der Waals surface area contributed by atoms with Crippen molar-refractivity contribution in [3.05, 3.63) is 82.9 Å². The lowest BCUT2D eigenvalue weighted by Crippen LogP contribution is -2.82. The molecule has 61 heavy (non-hydrogen) atoms. The monoisotopic (exact) mass is 864 g/mol. The number of aliphatic hydroxyl groups excluding tert-OH is 2. The van der Waals surface area contributed by atoms with Crippen LogP contribution in [-0.2, 0) is 42.9 Å². The molecule has 3 aliphatic carbocycles. The van der Waals surface area contributed by atoms with Gasteiger partial charge in [0.2, 0.25) is 0 Å². The van der Waals surface area contributed by atoms with E-state index in [4.69, 9.17) is 35.9 Å².